The molecule has 6 rings (SSSR count). The van der Waals surface area contributed by atoms with E-state index in [1.165, 1.54) is 87.3 Å². The molecular formula is C31H34NO+. The first-order chi connectivity index (χ1) is 15.9. The molecule has 1 fully saturated rings. The summed E-state index contributed by atoms with van der Waals surface area (Å²) in [6.07, 6.45) is 6.77. The molecule has 1 saturated carbocycles. The van der Waals surface area contributed by atoms with Gasteiger partial charge < -0.3 is 4.74 Å². The van der Waals surface area contributed by atoms with Crippen molar-refractivity contribution in [2.75, 3.05) is 0 Å². The Bertz CT molecular complexity index is 1420. The maximum absolute atomic E-state index is 6.68. The minimum atomic E-state index is 0.464. The first-order valence-corrected chi connectivity index (χ1v) is 12.6. The number of ether oxygens (including phenoxy) is 1. The van der Waals surface area contributed by atoms with Crippen molar-refractivity contribution in [1.82, 2.24) is 0 Å². The van der Waals surface area contributed by atoms with Crippen LogP contribution in [0.15, 0.2) is 42.5 Å². The monoisotopic (exact) mass is 436 g/mol. The lowest BCUT2D eigenvalue weighted by atomic mass is 9.88. The molecule has 0 saturated heterocycles. The van der Waals surface area contributed by atoms with E-state index in [1.807, 2.05) is 0 Å². The molecule has 1 aliphatic carbocycles. The van der Waals surface area contributed by atoms with Crippen LogP contribution < -0.4 is 9.30 Å². The number of pyridine rings is 1. The number of aryl methyl sites for hydroxylation is 2. The predicted molar refractivity (Wildman–Crippen MR) is 137 cm³/mol. The van der Waals surface area contributed by atoms with Crippen molar-refractivity contribution in [3.63, 3.8) is 0 Å². The minimum absolute atomic E-state index is 0.464. The Balaban J connectivity index is 1.58. The SMILES string of the molecule is Cc1cc2cc(C(C)C)cc3c2c(c1C)-c1c(cc2cc(CC4CCCC4)ccc2[n+]1C)O3. The second-order valence-electron chi connectivity index (χ2n) is 10.7. The number of hydrogen-bond acceptors (Lipinski definition) is 1. The van der Waals surface area contributed by atoms with E-state index < -0.39 is 0 Å². The lowest BCUT2D eigenvalue weighted by Gasteiger charge is -2.24. The van der Waals surface area contributed by atoms with Gasteiger partial charge in [-0.15, -0.1) is 0 Å². The molecule has 1 aromatic heterocycles. The normalized spacial score (nSPS) is 15.5. The van der Waals surface area contributed by atoms with Crippen LogP contribution in [0.3, 0.4) is 0 Å². The molecular weight excluding hydrogens is 402 g/mol. The Labute approximate surface area is 197 Å². The molecule has 4 aromatic rings. The first kappa shape index (κ1) is 20.7. The Morgan fingerprint density at radius 3 is 2.48 bits per heavy atom. The van der Waals surface area contributed by atoms with E-state index in [9.17, 15) is 0 Å². The van der Waals surface area contributed by atoms with E-state index in [1.54, 1.807) is 0 Å². The van der Waals surface area contributed by atoms with Crippen molar-refractivity contribution in [1.29, 1.82) is 0 Å². The van der Waals surface area contributed by atoms with E-state index >= 15 is 0 Å². The van der Waals surface area contributed by atoms with Gasteiger partial charge in [-0.05, 0) is 71.9 Å². The van der Waals surface area contributed by atoms with E-state index in [2.05, 4.69) is 81.8 Å². The highest BCUT2D eigenvalue weighted by atomic mass is 16.5. The van der Waals surface area contributed by atoms with Crippen molar-refractivity contribution in [2.24, 2.45) is 13.0 Å². The Morgan fingerprint density at radius 1 is 0.939 bits per heavy atom. The van der Waals surface area contributed by atoms with E-state index in [0.717, 1.165) is 17.4 Å². The molecule has 0 spiro atoms. The van der Waals surface area contributed by atoms with E-state index in [0.29, 0.717) is 5.92 Å². The van der Waals surface area contributed by atoms with Crippen molar-refractivity contribution < 1.29 is 9.30 Å². The average molecular weight is 437 g/mol. The third kappa shape index (κ3) is 3.26. The van der Waals surface area contributed by atoms with E-state index in [4.69, 9.17) is 4.74 Å². The third-order valence-electron chi connectivity index (χ3n) is 8.17. The van der Waals surface area contributed by atoms with Gasteiger partial charge in [-0.1, -0.05) is 57.7 Å². The molecule has 2 aliphatic rings. The highest BCUT2D eigenvalue weighted by Crippen LogP contribution is 2.49. The van der Waals surface area contributed by atoms with Gasteiger partial charge in [-0.25, -0.2) is 0 Å². The molecule has 2 heterocycles. The van der Waals surface area contributed by atoms with Gasteiger partial charge >= 0.3 is 0 Å². The largest absolute Gasteiger partial charge is 0.450 e. The van der Waals surface area contributed by atoms with Crippen LogP contribution >= 0.6 is 0 Å². The second-order valence-corrected chi connectivity index (χ2v) is 10.7. The number of rotatable bonds is 3. The molecule has 0 N–H and O–H groups in total. The molecule has 168 valence electrons. The van der Waals surface area contributed by atoms with Crippen molar-refractivity contribution >= 4 is 21.7 Å². The van der Waals surface area contributed by atoms with Crippen molar-refractivity contribution in [2.45, 2.75) is 65.7 Å². The van der Waals surface area contributed by atoms with E-state index in [-0.39, 0.29) is 0 Å². The molecule has 3 aromatic carbocycles. The highest BCUT2D eigenvalue weighted by molar-refractivity contribution is 6.05. The molecule has 1 aliphatic heterocycles. The number of hydrogen-bond donors (Lipinski definition) is 0. The van der Waals surface area contributed by atoms with Gasteiger partial charge in [0.1, 0.15) is 12.8 Å². The maximum Gasteiger partial charge on any atom is 0.256 e. The Morgan fingerprint density at radius 2 is 1.73 bits per heavy atom. The zero-order valence-corrected chi connectivity index (χ0v) is 20.6. The standard InChI is InChI=1S/C31H34NO/c1-18(2)23-15-25-12-19(3)20(4)29-30(25)27(16-23)33-28-17-24-14-22(13-21-8-6-7-9-21)10-11-26(24)32(5)31(28)29/h10-12,14-18,21H,6-9,13H2,1-5H3/q+1. The van der Waals surface area contributed by atoms with Crippen LogP contribution in [-0.4, -0.2) is 0 Å². The number of benzene rings is 3. The smallest absolute Gasteiger partial charge is 0.256 e. The summed E-state index contributed by atoms with van der Waals surface area (Å²) in [6, 6.07) is 16.3. The molecule has 33 heavy (non-hydrogen) atoms. The van der Waals surface area contributed by atoms with Crippen molar-refractivity contribution in [3.05, 3.63) is 64.7 Å². The fraction of sp³-hybridized carbons (Fsp3) is 0.387. The molecule has 0 radical (unpaired) electrons. The number of nitrogens with zero attached hydrogens (tertiary/aromatic N) is 1. The fourth-order valence-corrected chi connectivity index (χ4v) is 6.16. The van der Waals surface area contributed by atoms with Crippen LogP contribution in [0.25, 0.3) is 32.9 Å². The van der Waals surface area contributed by atoms with Gasteiger partial charge in [-0.3, -0.25) is 0 Å². The second kappa shape index (κ2) is 7.58. The lowest BCUT2D eigenvalue weighted by Crippen LogP contribution is -2.33. The predicted octanol–water partition coefficient (Wildman–Crippen LogP) is 8.06. The minimum Gasteiger partial charge on any atom is -0.450 e. The molecule has 0 atom stereocenters. The maximum atomic E-state index is 6.68. The lowest BCUT2D eigenvalue weighted by molar-refractivity contribution is -0.633. The quantitative estimate of drug-likeness (QED) is 0.261. The van der Waals surface area contributed by atoms with Gasteiger partial charge in [0.05, 0.1) is 10.9 Å². The van der Waals surface area contributed by atoms with Gasteiger partial charge in [0.25, 0.3) is 5.69 Å². The number of fused-ring (bicyclic) bond motifs is 3. The summed E-state index contributed by atoms with van der Waals surface area (Å²) in [5.41, 5.74) is 9.27. The van der Waals surface area contributed by atoms with Gasteiger partial charge in [0.15, 0.2) is 5.75 Å². The highest BCUT2D eigenvalue weighted by Gasteiger charge is 2.32. The summed E-state index contributed by atoms with van der Waals surface area (Å²) < 4.78 is 9.03. The average Bonchev–Trinajstić information content (AvgIpc) is 3.29. The van der Waals surface area contributed by atoms with Crippen LogP contribution in [0.2, 0.25) is 0 Å². The molecule has 2 nitrogen and oxygen atoms in total. The van der Waals surface area contributed by atoms with Crippen LogP contribution in [0.1, 0.15) is 67.7 Å². The van der Waals surface area contributed by atoms with Crippen LogP contribution in [0.4, 0.5) is 0 Å². The summed E-state index contributed by atoms with van der Waals surface area (Å²) in [6.45, 7) is 9.00. The first-order valence-electron chi connectivity index (χ1n) is 12.6. The topological polar surface area (TPSA) is 13.1 Å². The van der Waals surface area contributed by atoms with Crippen LogP contribution in [-0.2, 0) is 13.5 Å². The van der Waals surface area contributed by atoms with Crippen LogP contribution in [0, 0.1) is 19.8 Å². The summed E-state index contributed by atoms with van der Waals surface area (Å²) in [5.74, 6) is 3.30. The molecule has 0 unspecified atom stereocenters. The molecule has 0 amide bonds. The molecule has 0 bridgehead atoms. The van der Waals surface area contributed by atoms with Crippen molar-refractivity contribution in [3.8, 4) is 22.8 Å². The zero-order valence-electron chi connectivity index (χ0n) is 20.6. The summed E-state index contributed by atoms with van der Waals surface area (Å²) >= 11 is 0. The van der Waals surface area contributed by atoms with Crippen LogP contribution in [0.5, 0.6) is 11.5 Å². The summed E-state index contributed by atoms with van der Waals surface area (Å²) in [4.78, 5) is 0. The molecule has 2 heteroatoms. The fourth-order valence-electron chi connectivity index (χ4n) is 6.16. The Kier molecular flexibility index (Phi) is 4.76. The Hall–Kier alpha value is -2.87. The van der Waals surface area contributed by atoms with Gasteiger partial charge in [-0.2, -0.15) is 4.57 Å². The van der Waals surface area contributed by atoms with Gasteiger partial charge in [0, 0.05) is 17.5 Å². The number of aromatic nitrogens is 1. The third-order valence-corrected chi connectivity index (χ3v) is 8.17. The summed E-state index contributed by atoms with van der Waals surface area (Å²) in [5, 5.41) is 3.81. The van der Waals surface area contributed by atoms with Gasteiger partial charge in [0.2, 0.25) is 5.52 Å². The summed E-state index contributed by atoms with van der Waals surface area (Å²) in [7, 11) is 2.20. The zero-order chi connectivity index (χ0) is 22.9.